The number of hydrogen-bond acceptors (Lipinski definition) is 4. The van der Waals surface area contributed by atoms with Gasteiger partial charge in [0.15, 0.2) is 0 Å². The van der Waals surface area contributed by atoms with E-state index in [0.29, 0.717) is 11.5 Å². The molecular weight excluding hydrogens is 326 g/mol. The van der Waals surface area contributed by atoms with Crippen LogP contribution >= 0.6 is 0 Å². The van der Waals surface area contributed by atoms with Crippen molar-refractivity contribution >= 4 is 5.91 Å². The molecule has 1 aromatic heterocycles. The molecular formula is C21H33N3O2. The maximum atomic E-state index is 12.0. The third-order valence-electron chi connectivity index (χ3n) is 6.64. The number of nitrogens with zero attached hydrogens (tertiary/aromatic N) is 3. The molecule has 1 aliphatic heterocycles. The molecule has 5 heteroatoms. The average Bonchev–Trinajstić information content (AvgIpc) is 2.65. The van der Waals surface area contributed by atoms with Crippen molar-refractivity contribution in [2.75, 3.05) is 33.9 Å². The summed E-state index contributed by atoms with van der Waals surface area (Å²) in [4.78, 5) is 20.7. The summed E-state index contributed by atoms with van der Waals surface area (Å²) in [7, 11) is 3.85. The average molecular weight is 360 g/mol. The van der Waals surface area contributed by atoms with Crippen molar-refractivity contribution in [3.8, 4) is 0 Å². The van der Waals surface area contributed by atoms with Crippen LogP contribution in [-0.2, 0) is 16.1 Å². The number of carbonyl (C=O) groups is 1. The zero-order valence-electron chi connectivity index (χ0n) is 16.5. The largest absolute Gasteiger partial charge is 0.375 e. The first kappa shape index (κ1) is 19.3. The summed E-state index contributed by atoms with van der Waals surface area (Å²) in [5.41, 5.74) is 3.13. The van der Waals surface area contributed by atoms with Gasteiger partial charge in [0.05, 0.1) is 0 Å². The third kappa shape index (κ3) is 4.44. The minimum absolute atomic E-state index is 0.142. The van der Waals surface area contributed by atoms with Gasteiger partial charge in [-0.3, -0.25) is 14.7 Å². The summed E-state index contributed by atoms with van der Waals surface area (Å²) >= 11 is 0. The summed E-state index contributed by atoms with van der Waals surface area (Å²) in [6.45, 7) is 5.17. The first-order chi connectivity index (χ1) is 12.5. The molecule has 144 valence electrons. The maximum absolute atomic E-state index is 12.0. The first-order valence-corrected chi connectivity index (χ1v) is 9.89. The van der Waals surface area contributed by atoms with Gasteiger partial charge >= 0.3 is 0 Å². The van der Waals surface area contributed by atoms with Crippen molar-refractivity contribution in [1.29, 1.82) is 0 Å². The van der Waals surface area contributed by atoms with Crippen LogP contribution < -0.4 is 0 Å². The molecule has 3 rings (SSSR count). The van der Waals surface area contributed by atoms with Gasteiger partial charge in [0, 0.05) is 45.2 Å². The van der Waals surface area contributed by atoms with E-state index in [0.717, 1.165) is 32.5 Å². The lowest BCUT2D eigenvalue weighted by molar-refractivity contribution is -0.138. The molecule has 5 nitrogen and oxygen atoms in total. The lowest BCUT2D eigenvalue weighted by atomic mass is 9.66. The monoisotopic (exact) mass is 359 g/mol. The fourth-order valence-electron chi connectivity index (χ4n) is 4.68. The number of aromatic nitrogens is 1. The van der Waals surface area contributed by atoms with Gasteiger partial charge in [0.25, 0.3) is 0 Å². The van der Waals surface area contributed by atoms with Crippen LogP contribution in [0.25, 0.3) is 0 Å². The summed E-state index contributed by atoms with van der Waals surface area (Å²) in [6, 6.07) is 2.81. The van der Waals surface area contributed by atoms with Gasteiger partial charge in [-0.05, 0) is 75.1 Å². The Kier molecular flexibility index (Phi) is 6.30. The fourth-order valence-corrected chi connectivity index (χ4v) is 4.68. The van der Waals surface area contributed by atoms with Crippen LogP contribution in [0.3, 0.4) is 0 Å². The van der Waals surface area contributed by atoms with E-state index < -0.39 is 0 Å². The molecule has 1 amide bonds. The van der Waals surface area contributed by atoms with Crippen molar-refractivity contribution in [3.05, 3.63) is 29.6 Å². The predicted octanol–water partition coefficient (Wildman–Crippen LogP) is 3.02. The van der Waals surface area contributed by atoms with Crippen molar-refractivity contribution in [1.82, 2.24) is 14.8 Å². The van der Waals surface area contributed by atoms with E-state index in [-0.39, 0.29) is 12.5 Å². The van der Waals surface area contributed by atoms with Crippen LogP contribution in [0.1, 0.15) is 49.7 Å². The van der Waals surface area contributed by atoms with Gasteiger partial charge in [0.1, 0.15) is 6.61 Å². The summed E-state index contributed by atoms with van der Waals surface area (Å²) in [5, 5.41) is 0. The number of methoxy groups -OCH3 is 1. The summed E-state index contributed by atoms with van der Waals surface area (Å²) < 4.78 is 4.99. The molecule has 1 spiro atoms. The minimum atomic E-state index is 0.142. The number of likely N-dealkylation sites (tertiary alicyclic amines) is 1. The SMILES string of the molecule is COCC(=O)N1CCC2(CCC(N(C)Cc3ccncc3C)CC2)CC1. The number of hydrogen-bond donors (Lipinski definition) is 0. The van der Waals surface area contributed by atoms with E-state index in [2.05, 4.69) is 29.9 Å². The highest BCUT2D eigenvalue weighted by molar-refractivity contribution is 5.77. The second-order valence-electron chi connectivity index (χ2n) is 8.26. The second kappa shape index (κ2) is 8.49. The Morgan fingerprint density at radius 2 is 2.00 bits per heavy atom. The third-order valence-corrected chi connectivity index (χ3v) is 6.64. The molecule has 0 atom stereocenters. The smallest absolute Gasteiger partial charge is 0.248 e. The Hall–Kier alpha value is -1.46. The number of ether oxygens (including phenoxy) is 1. The lowest BCUT2D eigenvalue weighted by Gasteiger charge is -2.47. The molecule has 1 aliphatic carbocycles. The molecule has 0 radical (unpaired) electrons. The predicted molar refractivity (Wildman–Crippen MR) is 103 cm³/mol. The van der Waals surface area contributed by atoms with E-state index in [4.69, 9.17) is 4.74 Å². The molecule has 1 aromatic rings. The van der Waals surface area contributed by atoms with Gasteiger partial charge < -0.3 is 9.64 Å². The van der Waals surface area contributed by atoms with Crippen LogP contribution in [0.2, 0.25) is 0 Å². The zero-order valence-corrected chi connectivity index (χ0v) is 16.5. The highest BCUT2D eigenvalue weighted by atomic mass is 16.5. The number of piperidine rings is 1. The number of pyridine rings is 1. The number of carbonyl (C=O) groups excluding carboxylic acids is 1. The Balaban J connectivity index is 1.48. The van der Waals surface area contributed by atoms with Crippen LogP contribution in [0.5, 0.6) is 0 Å². The van der Waals surface area contributed by atoms with E-state index in [1.54, 1.807) is 7.11 Å². The Morgan fingerprint density at radius 1 is 1.31 bits per heavy atom. The van der Waals surface area contributed by atoms with E-state index in [9.17, 15) is 4.79 Å². The first-order valence-electron chi connectivity index (χ1n) is 9.89. The molecule has 0 N–H and O–H groups in total. The fraction of sp³-hybridized carbons (Fsp3) is 0.714. The Labute approximate surface area is 157 Å². The van der Waals surface area contributed by atoms with Crippen molar-refractivity contribution in [2.45, 2.75) is 58.0 Å². The number of amides is 1. The van der Waals surface area contributed by atoms with Crippen LogP contribution in [0.4, 0.5) is 0 Å². The number of aryl methyl sites for hydroxylation is 1. The van der Waals surface area contributed by atoms with Gasteiger partial charge in [-0.25, -0.2) is 0 Å². The van der Waals surface area contributed by atoms with Crippen LogP contribution in [0, 0.1) is 12.3 Å². The highest BCUT2D eigenvalue weighted by Gasteiger charge is 2.39. The minimum Gasteiger partial charge on any atom is -0.375 e. The Bertz CT molecular complexity index is 601. The van der Waals surface area contributed by atoms with Crippen LogP contribution in [0.15, 0.2) is 18.5 Å². The molecule has 2 fully saturated rings. The second-order valence-corrected chi connectivity index (χ2v) is 8.26. The molecule has 0 bridgehead atoms. The van der Waals surface area contributed by atoms with Gasteiger partial charge in [-0.1, -0.05) is 0 Å². The van der Waals surface area contributed by atoms with Gasteiger partial charge in [0.2, 0.25) is 5.91 Å². The lowest BCUT2D eigenvalue weighted by Crippen LogP contribution is -2.47. The van der Waals surface area contributed by atoms with Crippen molar-refractivity contribution < 1.29 is 9.53 Å². The van der Waals surface area contributed by atoms with Crippen LogP contribution in [-0.4, -0.2) is 60.6 Å². The standard InChI is InChI=1S/C21H33N3O2/c1-17-14-22-11-6-18(17)15-23(2)19-4-7-21(8-5-19)9-12-24(13-10-21)20(25)16-26-3/h6,11,14,19H,4-5,7-10,12-13,15-16H2,1-3H3. The summed E-state index contributed by atoms with van der Waals surface area (Å²) in [6.07, 6.45) is 11.3. The zero-order chi connectivity index (χ0) is 18.6. The van der Waals surface area contributed by atoms with Crippen molar-refractivity contribution in [3.63, 3.8) is 0 Å². The molecule has 0 aromatic carbocycles. The Morgan fingerprint density at radius 3 is 2.62 bits per heavy atom. The van der Waals surface area contributed by atoms with E-state index in [1.165, 1.54) is 36.8 Å². The molecule has 2 heterocycles. The topological polar surface area (TPSA) is 45.7 Å². The van der Waals surface area contributed by atoms with E-state index in [1.807, 2.05) is 17.3 Å². The number of rotatable bonds is 5. The molecule has 26 heavy (non-hydrogen) atoms. The van der Waals surface area contributed by atoms with Gasteiger partial charge in [-0.15, -0.1) is 0 Å². The molecule has 1 saturated carbocycles. The highest BCUT2D eigenvalue weighted by Crippen LogP contribution is 2.45. The normalized spacial score (nSPS) is 20.7. The molecule has 0 unspecified atom stereocenters. The van der Waals surface area contributed by atoms with Crippen molar-refractivity contribution in [2.24, 2.45) is 5.41 Å². The summed E-state index contributed by atoms with van der Waals surface area (Å²) in [5.74, 6) is 0.142. The molecule has 2 aliphatic rings. The van der Waals surface area contributed by atoms with Gasteiger partial charge in [-0.2, -0.15) is 0 Å². The quantitative estimate of drug-likeness (QED) is 0.811. The maximum Gasteiger partial charge on any atom is 0.248 e. The molecule has 1 saturated heterocycles. The van der Waals surface area contributed by atoms with E-state index >= 15 is 0 Å².